The molecule has 0 N–H and O–H groups in total. The van der Waals surface area contributed by atoms with E-state index in [0.29, 0.717) is 0 Å². The quantitative estimate of drug-likeness (QED) is 0.166. The topological polar surface area (TPSA) is 16.4 Å². The summed E-state index contributed by atoms with van der Waals surface area (Å²) < 4.78 is 11.7. The van der Waals surface area contributed by atoms with Gasteiger partial charge in [-0.15, -0.1) is 22.7 Å². The van der Waals surface area contributed by atoms with Crippen LogP contribution in [-0.4, -0.2) is 0 Å². The molecule has 3 heterocycles. The van der Waals surface area contributed by atoms with E-state index in [-0.39, 0.29) is 0 Å². The van der Waals surface area contributed by atoms with Crippen molar-refractivity contribution in [2.45, 2.75) is 0 Å². The fourth-order valence-corrected chi connectivity index (χ4v) is 11.8. The van der Waals surface area contributed by atoms with Gasteiger partial charge < -0.3 is 9.32 Å². The summed E-state index contributed by atoms with van der Waals surface area (Å²) in [7, 11) is 0. The van der Waals surface area contributed by atoms with Crippen molar-refractivity contribution in [1.29, 1.82) is 0 Å². The largest absolute Gasteiger partial charge is 0.455 e. The summed E-state index contributed by atoms with van der Waals surface area (Å²) in [5, 5.41) is 9.80. The van der Waals surface area contributed by atoms with Crippen LogP contribution in [0.1, 0.15) is 0 Å². The standard InChI is InChI=1S/C58H35NOS2/c1-2-10-36(11-3-1)40-22-20-38-21-23-41(35-42(38)34-40)37-24-28-43(29-25-37)59(50-16-8-15-49-47-13-5-7-18-52(47)62-58(49)50)44-30-26-39(27-31-44)45-14-9-19-53-55(45)56-54(61-53)33-32-48-46-12-4-6-17-51(46)60-57(48)56/h1-35H. The third-order valence-corrected chi connectivity index (χ3v) is 14.8. The number of nitrogens with zero attached hydrogens (tertiary/aromatic N) is 1. The van der Waals surface area contributed by atoms with E-state index in [9.17, 15) is 0 Å². The highest BCUT2D eigenvalue weighted by Gasteiger charge is 2.21. The Hall–Kier alpha value is -7.50. The van der Waals surface area contributed by atoms with Crippen molar-refractivity contribution in [3.8, 4) is 33.4 Å². The molecule has 0 spiro atoms. The Morgan fingerprint density at radius 1 is 0.355 bits per heavy atom. The Bertz CT molecular complexity index is 3860. The minimum absolute atomic E-state index is 0.924. The first-order chi connectivity index (χ1) is 30.7. The van der Waals surface area contributed by atoms with E-state index in [2.05, 4.69) is 211 Å². The molecule has 0 saturated carbocycles. The maximum atomic E-state index is 6.61. The molecule has 0 unspecified atom stereocenters. The molecule has 4 heteroatoms. The number of fused-ring (bicyclic) bond motifs is 11. The first-order valence-electron chi connectivity index (χ1n) is 21.0. The van der Waals surface area contributed by atoms with Gasteiger partial charge in [-0.1, -0.05) is 140 Å². The maximum Gasteiger partial charge on any atom is 0.144 e. The van der Waals surface area contributed by atoms with Crippen molar-refractivity contribution >= 4 is 113 Å². The van der Waals surface area contributed by atoms with Crippen LogP contribution in [0.3, 0.4) is 0 Å². The lowest BCUT2D eigenvalue weighted by atomic mass is 9.97. The summed E-state index contributed by atoms with van der Waals surface area (Å²) in [5.41, 5.74) is 12.5. The van der Waals surface area contributed by atoms with Crippen LogP contribution in [0.5, 0.6) is 0 Å². The van der Waals surface area contributed by atoms with E-state index in [0.717, 1.165) is 33.3 Å². The lowest BCUT2D eigenvalue weighted by Crippen LogP contribution is -2.10. The number of hydrogen-bond acceptors (Lipinski definition) is 4. The smallest absolute Gasteiger partial charge is 0.144 e. The Balaban J connectivity index is 0.934. The second-order valence-corrected chi connectivity index (χ2v) is 18.2. The van der Waals surface area contributed by atoms with Crippen molar-refractivity contribution in [2.24, 2.45) is 0 Å². The first-order valence-corrected chi connectivity index (χ1v) is 22.6. The SMILES string of the molecule is c1ccc(-c2ccc3ccc(-c4ccc(N(c5ccc(-c6cccc7sc8ccc9c%10ccccc%10oc9c8c67)cc5)c5cccc6c5sc5ccccc56)cc4)cc3c2)cc1. The molecule has 0 bridgehead atoms. The van der Waals surface area contributed by atoms with E-state index >= 15 is 0 Å². The summed E-state index contributed by atoms with van der Waals surface area (Å²) >= 11 is 3.70. The molecule has 0 radical (unpaired) electrons. The highest BCUT2D eigenvalue weighted by atomic mass is 32.1. The molecule has 0 aliphatic carbocycles. The Labute approximate surface area is 365 Å². The number of anilines is 3. The van der Waals surface area contributed by atoms with E-state index in [4.69, 9.17) is 4.42 Å². The molecule has 10 aromatic carbocycles. The zero-order chi connectivity index (χ0) is 40.7. The van der Waals surface area contributed by atoms with Gasteiger partial charge in [0.2, 0.25) is 0 Å². The minimum Gasteiger partial charge on any atom is -0.455 e. The van der Waals surface area contributed by atoms with E-state index in [1.165, 1.54) is 90.2 Å². The Morgan fingerprint density at radius 3 is 1.76 bits per heavy atom. The van der Waals surface area contributed by atoms with Crippen LogP contribution in [0.15, 0.2) is 217 Å². The zero-order valence-corrected chi connectivity index (χ0v) is 35.0. The number of benzene rings is 10. The predicted molar refractivity (Wildman–Crippen MR) is 268 cm³/mol. The summed E-state index contributed by atoms with van der Waals surface area (Å²) in [6.45, 7) is 0. The summed E-state index contributed by atoms with van der Waals surface area (Å²) in [6, 6.07) is 77.4. The number of furan rings is 1. The molecular weight excluding hydrogens is 791 g/mol. The molecule has 62 heavy (non-hydrogen) atoms. The number of rotatable bonds is 6. The number of para-hydroxylation sites is 1. The lowest BCUT2D eigenvalue weighted by molar-refractivity contribution is 0.673. The van der Waals surface area contributed by atoms with Gasteiger partial charge in [0.05, 0.1) is 10.4 Å². The number of hydrogen-bond donors (Lipinski definition) is 0. The van der Waals surface area contributed by atoms with Gasteiger partial charge in [-0.05, 0) is 117 Å². The van der Waals surface area contributed by atoms with Crippen LogP contribution in [0, 0.1) is 0 Å². The van der Waals surface area contributed by atoms with Gasteiger partial charge in [0.15, 0.2) is 0 Å². The van der Waals surface area contributed by atoms with Gasteiger partial charge in [-0.3, -0.25) is 0 Å². The average Bonchev–Trinajstić information content (AvgIpc) is 4.04. The molecule has 13 rings (SSSR count). The minimum atomic E-state index is 0.924. The molecule has 0 saturated heterocycles. The predicted octanol–water partition coefficient (Wildman–Crippen LogP) is 17.9. The van der Waals surface area contributed by atoms with Gasteiger partial charge in [0.1, 0.15) is 11.2 Å². The van der Waals surface area contributed by atoms with Crippen LogP contribution in [0.4, 0.5) is 17.1 Å². The third kappa shape index (κ3) is 5.61. The second kappa shape index (κ2) is 14.0. The van der Waals surface area contributed by atoms with E-state index in [1.54, 1.807) is 0 Å². The van der Waals surface area contributed by atoms with E-state index < -0.39 is 0 Å². The maximum absolute atomic E-state index is 6.61. The van der Waals surface area contributed by atoms with Crippen molar-refractivity contribution < 1.29 is 4.42 Å². The van der Waals surface area contributed by atoms with Crippen LogP contribution in [-0.2, 0) is 0 Å². The van der Waals surface area contributed by atoms with Crippen molar-refractivity contribution in [3.05, 3.63) is 212 Å². The van der Waals surface area contributed by atoms with Gasteiger partial charge >= 0.3 is 0 Å². The third-order valence-electron chi connectivity index (χ3n) is 12.5. The molecule has 290 valence electrons. The molecule has 0 aliphatic heterocycles. The van der Waals surface area contributed by atoms with Gasteiger partial charge in [-0.2, -0.15) is 0 Å². The number of thiophene rings is 2. The van der Waals surface area contributed by atoms with E-state index in [1.807, 2.05) is 28.7 Å². The molecule has 13 aromatic rings. The highest BCUT2D eigenvalue weighted by molar-refractivity contribution is 7.26. The normalized spacial score (nSPS) is 11.9. The average molecular weight is 826 g/mol. The zero-order valence-electron chi connectivity index (χ0n) is 33.4. The molecular formula is C58H35NOS2. The fourth-order valence-electron chi connectivity index (χ4n) is 9.49. The second-order valence-electron chi connectivity index (χ2n) is 16.0. The molecule has 3 aromatic heterocycles. The summed E-state index contributed by atoms with van der Waals surface area (Å²) in [4.78, 5) is 2.43. The summed E-state index contributed by atoms with van der Waals surface area (Å²) in [5.74, 6) is 0. The van der Waals surface area contributed by atoms with Crippen LogP contribution < -0.4 is 4.90 Å². The van der Waals surface area contributed by atoms with Crippen molar-refractivity contribution in [3.63, 3.8) is 0 Å². The van der Waals surface area contributed by atoms with Gasteiger partial charge in [-0.25, -0.2) is 0 Å². The monoisotopic (exact) mass is 825 g/mol. The molecule has 0 fully saturated rings. The van der Waals surface area contributed by atoms with Crippen LogP contribution in [0.25, 0.3) is 106 Å². The molecule has 0 amide bonds. The molecule has 0 aliphatic rings. The Kier molecular flexibility index (Phi) is 7.99. The molecule has 2 nitrogen and oxygen atoms in total. The van der Waals surface area contributed by atoms with Gasteiger partial charge in [0, 0.05) is 57.8 Å². The van der Waals surface area contributed by atoms with Crippen LogP contribution in [0.2, 0.25) is 0 Å². The van der Waals surface area contributed by atoms with Crippen molar-refractivity contribution in [1.82, 2.24) is 0 Å². The first kappa shape index (κ1) is 35.3. The van der Waals surface area contributed by atoms with Crippen LogP contribution >= 0.6 is 22.7 Å². The Morgan fingerprint density at radius 2 is 0.968 bits per heavy atom. The summed E-state index contributed by atoms with van der Waals surface area (Å²) in [6.07, 6.45) is 0. The van der Waals surface area contributed by atoms with Gasteiger partial charge in [0.25, 0.3) is 0 Å². The fraction of sp³-hybridized carbons (Fsp3) is 0. The lowest BCUT2D eigenvalue weighted by Gasteiger charge is -2.26. The van der Waals surface area contributed by atoms with Crippen molar-refractivity contribution in [2.75, 3.05) is 4.90 Å². The molecule has 0 atom stereocenters. The highest BCUT2D eigenvalue weighted by Crippen LogP contribution is 2.48.